The summed E-state index contributed by atoms with van der Waals surface area (Å²) in [5.74, 6) is 1.30. The number of hydrogen-bond donors (Lipinski definition) is 1. The molecule has 94 valence electrons. The van der Waals surface area contributed by atoms with Crippen LogP contribution in [0.2, 0.25) is 10.0 Å². The Hall–Kier alpha value is 0.110. The van der Waals surface area contributed by atoms with Crippen LogP contribution in [0.15, 0.2) is 18.2 Å². The molecule has 2 rings (SSSR count). The highest BCUT2D eigenvalue weighted by atomic mass is 35.5. The molecule has 2 unspecified atom stereocenters. The van der Waals surface area contributed by atoms with E-state index in [9.17, 15) is 0 Å². The Labute approximate surface area is 117 Å². The predicted octanol–water partition coefficient (Wildman–Crippen LogP) is 4.54. The third-order valence-corrected chi connectivity index (χ3v) is 5.08. The van der Waals surface area contributed by atoms with E-state index in [1.807, 2.05) is 18.2 Å². The quantitative estimate of drug-likeness (QED) is 0.873. The van der Waals surface area contributed by atoms with Crippen molar-refractivity contribution in [3.63, 3.8) is 0 Å². The first-order valence-corrected chi connectivity index (χ1v) is 7.77. The Kier molecular flexibility index (Phi) is 5.04. The Bertz CT molecular complexity index is 378. The molecule has 0 aliphatic carbocycles. The molecule has 2 atom stereocenters. The van der Waals surface area contributed by atoms with Crippen LogP contribution in [0.25, 0.3) is 0 Å². The van der Waals surface area contributed by atoms with Crippen LogP contribution in [0.3, 0.4) is 0 Å². The molecule has 0 amide bonds. The SMILES string of the molecule is CC(NCC1CCCS1)c1cc(Cl)ccc1Cl. The topological polar surface area (TPSA) is 12.0 Å². The maximum atomic E-state index is 6.18. The summed E-state index contributed by atoms with van der Waals surface area (Å²) in [6, 6.07) is 5.89. The lowest BCUT2D eigenvalue weighted by molar-refractivity contribution is 0.559. The van der Waals surface area contributed by atoms with E-state index < -0.39 is 0 Å². The van der Waals surface area contributed by atoms with Crippen molar-refractivity contribution >= 4 is 35.0 Å². The molecular formula is C13H17Cl2NS. The molecule has 0 bridgehead atoms. The molecule has 1 aliphatic heterocycles. The number of nitrogens with one attached hydrogen (secondary N) is 1. The molecule has 1 heterocycles. The van der Waals surface area contributed by atoms with E-state index in [0.717, 1.165) is 27.4 Å². The van der Waals surface area contributed by atoms with E-state index in [2.05, 4.69) is 24.0 Å². The van der Waals surface area contributed by atoms with E-state index >= 15 is 0 Å². The number of thioether (sulfide) groups is 1. The van der Waals surface area contributed by atoms with E-state index in [4.69, 9.17) is 23.2 Å². The molecule has 1 aliphatic rings. The molecule has 17 heavy (non-hydrogen) atoms. The third kappa shape index (κ3) is 3.78. The summed E-state index contributed by atoms with van der Waals surface area (Å²) in [6.45, 7) is 3.19. The van der Waals surface area contributed by atoms with Crippen LogP contribution in [0.5, 0.6) is 0 Å². The van der Waals surface area contributed by atoms with Crippen molar-refractivity contribution in [3.8, 4) is 0 Å². The van der Waals surface area contributed by atoms with Crippen molar-refractivity contribution in [1.29, 1.82) is 0 Å². The fourth-order valence-corrected chi connectivity index (χ4v) is 3.75. The Morgan fingerprint density at radius 1 is 1.47 bits per heavy atom. The van der Waals surface area contributed by atoms with Crippen molar-refractivity contribution in [3.05, 3.63) is 33.8 Å². The largest absolute Gasteiger partial charge is 0.309 e. The molecule has 1 fully saturated rings. The lowest BCUT2D eigenvalue weighted by Crippen LogP contribution is -2.26. The molecular weight excluding hydrogens is 273 g/mol. The average molecular weight is 290 g/mol. The lowest BCUT2D eigenvalue weighted by Gasteiger charge is -2.18. The van der Waals surface area contributed by atoms with E-state index in [1.165, 1.54) is 18.6 Å². The smallest absolute Gasteiger partial charge is 0.0454 e. The molecule has 0 radical (unpaired) electrons. The van der Waals surface area contributed by atoms with Gasteiger partial charge in [-0.3, -0.25) is 0 Å². The van der Waals surface area contributed by atoms with Crippen LogP contribution in [-0.2, 0) is 0 Å². The monoisotopic (exact) mass is 289 g/mol. The zero-order chi connectivity index (χ0) is 12.3. The van der Waals surface area contributed by atoms with Crippen molar-refractivity contribution in [1.82, 2.24) is 5.32 Å². The zero-order valence-corrected chi connectivity index (χ0v) is 12.2. The Morgan fingerprint density at radius 2 is 2.29 bits per heavy atom. The van der Waals surface area contributed by atoms with Crippen LogP contribution >= 0.6 is 35.0 Å². The van der Waals surface area contributed by atoms with Gasteiger partial charge in [-0.25, -0.2) is 0 Å². The van der Waals surface area contributed by atoms with Crippen LogP contribution in [-0.4, -0.2) is 17.5 Å². The maximum Gasteiger partial charge on any atom is 0.0454 e. The molecule has 1 aromatic carbocycles. The summed E-state index contributed by atoms with van der Waals surface area (Å²) >= 11 is 14.2. The second-order valence-corrected chi connectivity index (χ2v) is 6.68. The zero-order valence-electron chi connectivity index (χ0n) is 9.88. The lowest BCUT2D eigenvalue weighted by atomic mass is 10.1. The van der Waals surface area contributed by atoms with Crippen LogP contribution in [0, 0.1) is 0 Å². The van der Waals surface area contributed by atoms with Crippen molar-refractivity contribution in [2.75, 3.05) is 12.3 Å². The Balaban J connectivity index is 1.93. The van der Waals surface area contributed by atoms with Crippen LogP contribution in [0.1, 0.15) is 31.4 Å². The van der Waals surface area contributed by atoms with Gasteiger partial charge in [0, 0.05) is 27.9 Å². The van der Waals surface area contributed by atoms with E-state index in [-0.39, 0.29) is 6.04 Å². The number of hydrogen-bond acceptors (Lipinski definition) is 2. The van der Waals surface area contributed by atoms with Gasteiger partial charge >= 0.3 is 0 Å². The highest BCUT2D eigenvalue weighted by Gasteiger charge is 2.17. The molecule has 4 heteroatoms. The molecule has 1 nitrogen and oxygen atoms in total. The van der Waals surface area contributed by atoms with Crippen LogP contribution < -0.4 is 5.32 Å². The molecule has 1 aromatic rings. The fourth-order valence-electron chi connectivity index (χ4n) is 2.07. The first-order valence-electron chi connectivity index (χ1n) is 5.97. The van der Waals surface area contributed by atoms with Gasteiger partial charge in [0.15, 0.2) is 0 Å². The van der Waals surface area contributed by atoms with E-state index in [1.54, 1.807) is 0 Å². The normalized spacial score (nSPS) is 21.7. The highest BCUT2D eigenvalue weighted by Crippen LogP contribution is 2.28. The standard InChI is InChI=1S/C13H17Cl2NS/c1-9(16-8-11-3-2-6-17-11)12-7-10(14)4-5-13(12)15/h4-5,7,9,11,16H,2-3,6,8H2,1H3. The fraction of sp³-hybridized carbons (Fsp3) is 0.538. The van der Waals surface area contributed by atoms with Gasteiger partial charge in [0.05, 0.1) is 0 Å². The van der Waals surface area contributed by atoms with Gasteiger partial charge in [-0.2, -0.15) is 11.8 Å². The maximum absolute atomic E-state index is 6.18. The first-order chi connectivity index (χ1) is 8.16. The first kappa shape index (κ1) is 13.5. The molecule has 0 saturated carbocycles. The average Bonchev–Trinajstić information content (AvgIpc) is 2.82. The minimum absolute atomic E-state index is 0.252. The summed E-state index contributed by atoms with van der Waals surface area (Å²) in [5.41, 5.74) is 1.09. The van der Waals surface area contributed by atoms with Gasteiger partial charge in [-0.1, -0.05) is 23.2 Å². The van der Waals surface area contributed by atoms with Gasteiger partial charge in [0.2, 0.25) is 0 Å². The second kappa shape index (κ2) is 6.33. The van der Waals surface area contributed by atoms with Gasteiger partial charge in [-0.15, -0.1) is 0 Å². The highest BCUT2D eigenvalue weighted by molar-refractivity contribution is 8.00. The molecule has 1 saturated heterocycles. The summed E-state index contributed by atoms with van der Waals surface area (Å²) in [4.78, 5) is 0. The molecule has 0 spiro atoms. The minimum atomic E-state index is 0.252. The number of halogens is 2. The number of rotatable bonds is 4. The summed E-state index contributed by atoms with van der Waals surface area (Å²) in [6.07, 6.45) is 2.68. The van der Waals surface area contributed by atoms with Crippen molar-refractivity contribution in [2.45, 2.75) is 31.1 Å². The van der Waals surface area contributed by atoms with Gasteiger partial charge in [0.25, 0.3) is 0 Å². The van der Waals surface area contributed by atoms with Gasteiger partial charge in [-0.05, 0) is 49.3 Å². The third-order valence-electron chi connectivity index (χ3n) is 3.10. The van der Waals surface area contributed by atoms with Gasteiger partial charge < -0.3 is 5.32 Å². The van der Waals surface area contributed by atoms with E-state index in [0.29, 0.717) is 0 Å². The van der Waals surface area contributed by atoms with Crippen molar-refractivity contribution in [2.24, 2.45) is 0 Å². The van der Waals surface area contributed by atoms with Crippen LogP contribution in [0.4, 0.5) is 0 Å². The summed E-state index contributed by atoms with van der Waals surface area (Å²) < 4.78 is 0. The number of benzene rings is 1. The van der Waals surface area contributed by atoms with Gasteiger partial charge in [0.1, 0.15) is 0 Å². The minimum Gasteiger partial charge on any atom is -0.309 e. The molecule has 1 N–H and O–H groups in total. The summed E-state index contributed by atoms with van der Waals surface area (Å²) in [7, 11) is 0. The van der Waals surface area contributed by atoms with Crippen molar-refractivity contribution < 1.29 is 0 Å². The Morgan fingerprint density at radius 3 is 3.00 bits per heavy atom. The predicted molar refractivity (Wildman–Crippen MR) is 78.4 cm³/mol. The second-order valence-electron chi connectivity index (χ2n) is 4.43. The summed E-state index contributed by atoms with van der Waals surface area (Å²) in [5, 5.41) is 5.83. The molecule has 0 aromatic heterocycles.